The Hall–Kier alpha value is -2.54. The molecule has 142 valence electrons. The number of hydrogen-bond donors (Lipinski definition) is 1. The summed E-state index contributed by atoms with van der Waals surface area (Å²) >= 11 is 0. The Morgan fingerprint density at radius 3 is 2.48 bits per heavy atom. The van der Waals surface area contributed by atoms with E-state index in [0.717, 1.165) is 31.6 Å². The summed E-state index contributed by atoms with van der Waals surface area (Å²) in [6.45, 7) is 0.366. The molecule has 1 saturated carbocycles. The predicted molar refractivity (Wildman–Crippen MR) is 100 cm³/mol. The van der Waals surface area contributed by atoms with E-state index in [2.05, 4.69) is 9.88 Å². The Kier molecular flexibility index (Phi) is 4.78. The largest absolute Gasteiger partial charge is 0.397 e. The van der Waals surface area contributed by atoms with Gasteiger partial charge in [0.05, 0.1) is 17.2 Å². The van der Waals surface area contributed by atoms with Crippen LogP contribution in [-0.2, 0) is 12.3 Å². The Morgan fingerprint density at radius 1 is 1.15 bits per heavy atom. The predicted octanol–water partition coefficient (Wildman–Crippen LogP) is 3.06. The molecule has 0 spiro atoms. The summed E-state index contributed by atoms with van der Waals surface area (Å²) < 4.78 is 1.97. The monoisotopic (exact) mass is 369 g/mol. The number of nitrogens with zero attached hydrogens (tertiary/aromatic N) is 4. The second kappa shape index (κ2) is 7.23. The van der Waals surface area contributed by atoms with Gasteiger partial charge < -0.3 is 5.11 Å². The molecule has 4 rings (SSSR count). The number of aromatic nitrogens is 2. The normalized spacial score (nSPS) is 23.5. The summed E-state index contributed by atoms with van der Waals surface area (Å²) in [5, 5.41) is 22.8. The molecule has 2 aromatic rings. The van der Waals surface area contributed by atoms with E-state index in [-0.39, 0.29) is 11.7 Å². The number of non-ortho nitro benzene ring substituents is 1. The minimum Gasteiger partial charge on any atom is -0.353 e. The zero-order chi connectivity index (χ0) is 18.9. The third-order valence-electron chi connectivity index (χ3n) is 5.78. The lowest BCUT2D eigenvalue weighted by Gasteiger charge is -2.35. The minimum absolute atomic E-state index is 0.0288. The molecule has 1 N–H and O–H groups in total. The molecule has 0 amide bonds. The maximum atomic E-state index is 11.8. The Balaban J connectivity index is 1.74. The molecule has 1 aliphatic heterocycles. The van der Waals surface area contributed by atoms with Crippen molar-refractivity contribution < 1.29 is 14.6 Å². The van der Waals surface area contributed by atoms with Crippen molar-refractivity contribution in [2.24, 2.45) is 0 Å². The van der Waals surface area contributed by atoms with E-state index >= 15 is 0 Å². The van der Waals surface area contributed by atoms with Gasteiger partial charge in [-0.2, -0.15) is 0 Å². The van der Waals surface area contributed by atoms with Gasteiger partial charge in [-0.3, -0.25) is 10.1 Å². The van der Waals surface area contributed by atoms with Gasteiger partial charge in [0.1, 0.15) is 12.7 Å². The van der Waals surface area contributed by atoms with Crippen LogP contribution in [0.3, 0.4) is 0 Å². The van der Waals surface area contributed by atoms with Crippen molar-refractivity contribution in [2.45, 2.75) is 63.3 Å². The summed E-state index contributed by atoms with van der Waals surface area (Å²) in [5.74, 6) is 0.768. The lowest BCUT2D eigenvalue weighted by atomic mass is 9.92. The topological polar surface area (TPSA) is 83.4 Å². The third kappa shape index (κ3) is 3.27. The zero-order valence-electron chi connectivity index (χ0n) is 15.3. The van der Waals surface area contributed by atoms with Crippen LogP contribution in [-0.4, -0.2) is 21.1 Å². The average Bonchev–Trinajstić information content (AvgIpc) is 2.95. The zero-order valence-corrected chi connectivity index (χ0v) is 15.3. The SMILES string of the molecule is O=[N+]([O-])c1ccc(C2(O)C[n+]3cccnc3N2C2CCCCCCC2)cc1. The molecule has 0 bridgehead atoms. The van der Waals surface area contributed by atoms with Crippen molar-refractivity contribution in [3.8, 4) is 0 Å². The number of benzene rings is 1. The second-order valence-corrected chi connectivity index (χ2v) is 7.54. The number of rotatable bonds is 3. The van der Waals surface area contributed by atoms with Gasteiger partial charge in [-0.1, -0.05) is 37.1 Å². The number of anilines is 1. The fourth-order valence-electron chi connectivity index (χ4n) is 4.43. The second-order valence-electron chi connectivity index (χ2n) is 7.54. The van der Waals surface area contributed by atoms with Crippen molar-refractivity contribution in [3.05, 3.63) is 58.4 Å². The van der Waals surface area contributed by atoms with Crippen LogP contribution in [0.5, 0.6) is 0 Å². The highest BCUT2D eigenvalue weighted by molar-refractivity contribution is 5.43. The summed E-state index contributed by atoms with van der Waals surface area (Å²) in [6.07, 6.45) is 11.7. The molecular weight excluding hydrogens is 344 g/mol. The number of aliphatic hydroxyl groups is 1. The van der Waals surface area contributed by atoms with Crippen LogP contribution in [0, 0.1) is 10.1 Å². The average molecular weight is 369 g/mol. The van der Waals surface area contributed by atoms with E-state index < -0.39 is 10.6 Å². The van der Waals surface area contributed by atoms with Crippen LogP contribution < -0.4 is 9.47 Å². The van der Waals surface area contributed by atoms with E-state index in [0.29, 0.717) is 12.1 Å². The minimum atomic E-state index is -1.25. The van der Waals surface area contributed by atoms with Gasteiger partial charge in [-0.25, -0.2) is 9.47 Å². The molecule has 27 heavy (non-hydrogen) atoms. The molecule has 0 radical (unpaired) electrons. The van der Waals surface area contributed by atoms with Crippen molar-refractivity contribution >= 4 is 11.6 Å². The fraction of sp³-hybridized carbons (Fsp3) is 0.500. The number of nitro benzene ring substituents is 1. The molecule has 1 fully saturated rings. The van der Waals surface area contributed by atoms with Crippen molar-refractivity contribution in [3.63, 3.8) is 0 Å². The fourth-order valence-corrected chi connectivity index (χ4v) is 4.43. The lowest BCUT2D eigenvalue weighted by molar-refractivity contribution is -0.685. The van der Waals surface area contributed by atoms with E-state index in [1.807, 2.05) is 16.8 Å². The molecule has 2 aliphatic rings. The highest BCUT2D eigenvalue weighted by atomic mass is 16.6. The summed E-state index contributed by atoms with van der Waals surface area (Å²) in [4.78, 5) is 17.2. The van der Waals surface area contributed by atoms with E-state index in [1.54, 1.807) is 18.3 Å². The first-order valence-electron chi connectivity index (χ1n) is 9.71. The molecule has 2 heterocycles. The molecule has 0 saturated heterocycles. The van der Waals surface area contributed by atoms with Gasteiger partial charge in [0.15, 0.2) is 0 Å². The standard InChI is InChI=1S/C20H25N4O3/c25-20(16-9-11-18(12-10-16)24(26)27)15-22-14-6-13-21-19(22)23(20)17-7-4-2-1-3-5-8-17/h6,9-14,17,25H,1-5,7-8,15H2/q+1. The summed E-state index contributed by atoms with van der Waals surface area (Å²) in [5.41, 5.74) is -0.554. The first-order valence-corrected chi connectivity index (χ1v) is 9.71. The molecule has 1 aromatic heterocycles. The molecule has 7 nitrogen and oxygen atoms in total. The van der Waals surface area contributed by atoms with Crippen molar-refractivity contribution in [1.82, 2.24) is 4.98 Å². The van der Waals surface area contributed by atoms with E-state index in [9.17, 15) is 15.2 Å². The summed E-state index contributed by atoms with van der Waals surface area (Å²) in [6, 6.07) is 8.33. The van der Waals surface area contributed by atoms with Gasteiger partial charge in [0.2, 0.25) is 5.72 Å². The maximum Gasteiger partial charge on any atom is 0.397 e. The van der Waals surface area contributed by atoms with Gasteiger partial charge >= 0.3 is 5.95 Å². The van der Waals surface area contributed by atoms with E-state index in [1.165, 1.54) is 31.4 Å². The quantitative estimate of drug-likeness (QED) is 0.511. The van der Waals surface area contributed by atoms with Gasteiger partial charge in [-0.15, -0.1) is 0 Å². The number of hydrogen-bond acceptors (Lipinski definition) is 5. The number of fused-ring (bicyclic) bond motifs is 1. The highest BCUT2D eigenvalue weighted by Gasteiger charge is 2.54. The van der Waals surface area contributed by atoms with Crippen LogP contribution in [0.1, 0.15) is 50.5 Å². The highest BCUT2D eigenvalue weighted by Crippen LogP contribution is 2.39. The van der Waals surface area contributed by atoms with Crippen molar-refractivity contribution in [2.75, 3.05) is 4.90 Å². The van der Waals surface area contributed by atoms with Crippen LogP contribution >= 0.6 is 0 Å². The molecule has 1 aromatic carbocycles. The van der Waals surface area contributed by atoms with Crippen molar-refractivity contribution in [1.29, 1.82) is 0 Å². The summed E-state index contributed by atoms with van der Waals surface area (Å²) in [7, 11) is 0. The molecular formula is C20H25N4O3+. The molecule has 1 unspecified atom stereocenters. The Labute approximate surface area is 158 Å². The van der Waals surface area contributed by atoms with E-state index in [4.69, 9.17) is 0 Å². The van der Waals surface area contributed by atoms with Crippen LogP contribution in [0.15, 0.2) is 42.7 Å². The third-order valence-corrected chi connectivity index (χ3v) is 5.78. The first-order chi connectivity index (χ1) is 13.1. The Morgan fingerprint density at radius 2 is 1.81 bits per heavy atom. The van der Waals surface area contributed by atoms with Crippen LogP contribution in [0.4, 0.5) is 11.6 Å². The molecule has 1 aliphatic carbocycles. The van der Waals surface area contributed by atoms with Crippen LogP contribution in [0.25, 0.3) is 0 Å². The molecule has 1 atom stereocenters. The lowest BCUT2D eigenvalue weighted by Crippen LogP contribution is -2.50. The first kappa shape index (κ1) is 17.9. The smallest absolute Gasteiger partial charge is 0.353 e. The number of nitro groups is 1. The molecule has 7 heteroatoms. The van der Waals surface area contributed by atoms with Gasteiger partial charge in [-0.05, 0) is 25.0 Å². The van der Waals surface area contributed by atoms with Gasteiger partial charge in [0, 0.05) is 23.8 Å². The Bertz CT molecular complexity index is 818. The van der Waals surface area contributed by atoms with Gasteiger partial charge in [0.25, 0.3) is 5.69 Å². The maximum absolute atomic E-state index is 11.8. The van der Waals surface area contributed by atoms with Crippen LogP contribution in [0.2, 0.25) is 0 Å².